The van der Waals surface area contributed by atoms with Gasteiger partial charge in [-0.1, -0.05) is 36.8 Å². The fraction of sp³-hybridized carbons (Fsp3) is 0.250. The van der Waals surface area contributed by atoms with Crippen molar-refractivity contribution in [2.75, 3.05) is 0 Å². The van der Waals surface area contributed by atoms with Gasteiger partial charge in [-0.2, -0.15) is 0 Å². The van der Waals surface area contributed by atoms with E-state index in [1.165, 1.54) is 22.3 Å². The molecule has 0 atom stereocenters. The maximum atomic E-state index is 12.5. The van der Waals surface area contributed by atoms with E-state index in [0.29, 0.717) is 0 Å². The largest absolute Gasteiger partial charge is 0.277 e. The molecule has 0 saturated heterocycles. The summed E-state index contributed by atoms with van der Waals surface area (Å²) in [5.74, 6) is 0. The highest BCUT2D eigenvalue weighted by molar-refractivity contribution is 5.72. The van der Waals surface area contributed by atoms with Crippen LogP contribution < -0.4 is 5.56 Å². The van der Waals surface area contributed by atoms with Gasteiger partial charge in [0.2, 0.25) is 0 Å². The zero-order valence-corrected chi connectivity index (χ0v) is 13.6. The van der Waals surface area contributed by atoms with Gasteiger partial charge in [-0.25, -0.2) is 0 Å². The van der Waals surface area contributed by atoms with E-state index in [2.05, 4.69) is 39.8 Å². The number of aromatic nitrogens is 1. The van der Waals surface area contributed by atoms with E-state index in [4.69, 9.17) is 0 Å². The monoisotopic (exact) mass is 291 g/mol. The maximum Gasteiger partial charge on any atom is 0.255 e. The first-order valence-corrected chi connectivity index (χ1v) is 7.75. The number of fused-ring (bicyclic) bond motifs is 1. The average molecular weight is 291 g/mol. The molecular weight excluding hydrogens is 270 g/mol. The zero-order chi connectivity index (χ0) is 15.9. The van der Waals surface area contributed by atoms with Crippen molar-refractivity contribution in [1.82, 2.24) is 4.40 Å². The highest BCUT2D eigenvalue weighted by atomic mass is 16.1. The molecule has 0 unspecified atom stereocenters. The van der Waals surface area contributed by atoms with E-state index >= 15 is 0 Å². The van der Waals surface area contributed by atoms with E-state index in [0.717, 1.165) is 23.2 Å². The molecule has 22 heavy (non-hydrogen) atoms. The van der Waals surface area contributed by atoms with Crippen LogP contribution in [0.4, 0.5) is 0 Å². The minimum absolute atomic E-state index is 0.0298. The Morgan fingerprint density at radius 1 is 0.955 bits per heavy atom. The van der Waals surface area contributed by atoms with Crippen LogP contribution in [-0.4, -0.2) is 4.40 Å². The summed E-state index contributed by atoms with van der Waals surface area (Å²) >= 11 is 0. The summed E-state index contributed by atoms with van der Waals surface area (Å²) in [4.78, 5) is 12.5. The number of aryl methyl sites for hydroxylation is 4. The van der Waals surface area contributed by atoms with E-state index in [1.807, 2.05) is 28.7 Å². The predicted octanol–water partition coefficient (Wildman–Crippen LogP) is 4.45. The first kappa shape index (κ1) is 14.6. The molecule has 2 heteroatoms. The summed E-state index contributed by atoms with van der Waals surface area (Å²) in [5, 5.41) is 0. The Hall–Kier alpha value is -2.35. The minimum atomic E-state index is 0.0298. The highest BCUT2D eigenvalue weighted by Crippen LogP contribution is 2.29. The van der Waals surface area contributed by atoms with Gasteiger partial charge in [-0.3, -0.25) is 9.20 Å². The van der Waals surface area contributed by atoms with Gasteiger partial charge in [0.25, 0.3) is 5.56 Å². The van der Waals surface area contributed by atoms with E-state index in [-0.39, 0.29) is 5.56 Å². The lowest BCUT2D eigenvalue weighted by atomic mass is 9.96. The number of hydrogen-bond donors (Lipinski definition) is 0. The summed E-state index contributed by atoms with van der Waals surface area (Å²) in [6.45, 7) is 8.45. The molecule has 0 amide bonds. The van der Waals surface area contributed by atoms with Crippen molar-refractivity contribution in [2.45, 2.75) is 34.1 Å². The summed E-state index contributed by atoms with van der Waals surface area (Å²) in [6, 6.07) is 14.1. The van der Waals surface area contributed by atoms with Gasteiger partial charge in [-0.05, 0) is 56.0 Å². The summed E-state index contributed by atoms with van der Waals surface area (Å²) in [6.07, 6.45) is 0.916. The number of hydrogen-bond acceptors (Lipinski definition) is 1. The van der Waals surface area contributed by atoms with E-state index in [1.54, 1.807) is 6.07 Å². The molecule has 2 heterocycles. The van der Waals surface area contributed by atoms with Gasteiger partial charge >= 0.3 is 0 Å². The van der Waals surface area contributed by atoms with Gasteiger partial charge in [0.05, 0.1) is 11.2 Å². The zero-order valence-electron chi connectivity index (χ0n) is 13.6. The standard InChI is InChI=1S/C20H21NO/c1-5-16-9-10-19(22)21-17(16)7-6-8-18(21)20-14(3)11-13(2)12-15(20)4/h6-12H,5H2,1-4H3. The second-order valence-corrected chi connectivity index (χ2v) is 5.96. The SMILES string of the molecule is CCc1ccc(=O)n2c(-c3c(C)cc(C)cc3C)cccc12. The van der Waals surface area contributed by atoms with Crippen LogP contribution in [0.1, 0.15) is 29.2 Å². The number of benzene rings is 1. The third-order valence-electron chi connectivity index (χ3n) is 4.28. The molecule has 0 N–H and O–H groups in total. The first-order valence-electron chi connectivity index (χ1n) is 7.75. The summed E-state index contributed by atoms with van der Waals surface area (Å²) in [5.41, 5.74) is 8.04. The first-order chi connectivity index (χ1) is 10.5. The summed E-state index contributed by atoms with van der Waals surface area (Å²) < 4.78 is 1.85. The van der Waals surface area contributed by atoms with E-state index < -0.39 is 0 Å². The molecule has 2 aromatic heterocycles. The predicted molar refractivity (Wildman–Crippen MR) is 92.7 cm³/mol. The topological polar surface area (TPSA) is 21.5 Å². The van der Waals surface area contributed by atoms with Crippen LogP contribution in [0.3, 0.4) is 0 Å². The molecule has 3 rings (SSSR count). The fourth-order valence-electron chi connectivity index (χ4n) is 3.41. The fourth-order valence-corrected chi connectivity index (χ4v) is 3.41. The third kappa shape index (κ3) is 2.25. The molecule has 0 saturated carbocycles. The van der Waals surface area contributed by atoms with E-state index in [9.17, 15) is 4.79 Å². The molecule has 0 aliphatic heterocycles. The molecule has 0 fully saturated rings. The van der Waals surface area contributed by atoms with Gasteiger partial charge in [0.15, 0.2) is 0 Å². The van der Waals surface area contributed by atoms with Gasteiger partial charge in [0.1, 0.15) is 0 Å². The number of rotatable bonds is 2. The van der Waals surface area contributed by atoms with Crippen LogP contribution in [-0.2, 0) is 6.42 Å². The van der Waals surface area contributed by atoms with Crippen LogP contribution in [0.25, 0.3) is 16.8 Å². The molecular formula is C20H21NO. The van der Waals surface area contributed by atoms with Crippen molar-refractivity contribution < 1.29 is 0 Å². The molecule has 0 bridgehead atoms. The lowest BCUT2D eigenvalue weighted by Gasteiger charge is -2.16. The highest BCUT2D eigenvalue weighted by Gasteiger charge is 2.12. The summed E-state index contributed by atoms with van der Waals surface area (Å²) in [7, 11) is 0. The number of nitrogens with zero attached hydrogens (tertiary/aromatic N) is 1. The average Bonchev–Trinajstić information content (AvgIpc) is 2.46. The second-order valence-electron chi connectivity index (χ2n) is 5.96. The molecule has 2 nitrogen and oxygen atoms in total. The minimum Gasteiger partial charge on any atom is -0.277 e. The molecule has 0 aliphatic carbocycles. The van der Waals surface area contributed by atoms with Crippen molar-refractivity contribution in [3.63, 3.8) is 0 Å². The molecule has 1 aromatic carbocycles. The van der Waals surface area contributed by atoms with Crippen LogP contribution in [0, 0.1) is 20.8 Å². The Labute approximate surface area is 131 Å². The second kappa shape index (κ2) is 5.45. The maximum absolute atomic E-state index is 12.5. The molecule has 112 valence electrons. The molecule has 3 aromatic rings. The lowest BCUT2D eigenvalue weighted by molar-refractivity contribution is 1.05. The van der Waals surface area contributed by atoms with Crippen molar-refractivity contribution in [3.05, 3.63) is 75.1 Å². The Balaban J connectivity index is 2.46. The normalized spacial score (nSPS) is 11.1. The van der Waals surface area contributed by atoms with Gasteiger partial charge in [-0.15, -0.1) is 0 Å². The Bertz CT molecular complexity index is 896. The van der Waals surface area contributed by atoms with Crippen molar-refractivity contribution in [2.24, 2.45) is 0 Å². The van der Waals surface area contributed by atoms with Gasteiger partial charge in [0, 0.05) is 11.6 Å². The van der Waals surface area contributed by atoms with Crippen molar-refractivity contribution >= 4 is 5.52 Å². The van der Waals surface area contributed by atoms with Crippen LogP contribution in [0.5, 0.6) is 0 Å². The number of pyridine rings is 2. The molecule has 0 radical (unpaired) electrons. The van der Waals surface area contributed by atoms with Crippen LogP contribution >= 0.6 is 0 Å². The molecule has 0 aliphatic rings. The Morgan fingerprint density at radius 2 is 1.64 bits per heavy atom. The smallest absolute Gasteiger partial charge is 0.255 e. The third-order valence-corrected chi connectivity index (χ3v) is 4.28. The lowest BCUT2D eigenvalue weighted by Crippen LogP contribution is -2.16. The van der Waals surface area contributed by atoms with Crippen molar-refractivity contribution in [1.29, 1.82) is 0 Å². The Kier molecular flexibility index (Phi) is 3.61. The van der Waals surface area contributed by atoms with Crippen molar-refractivity contribution in [3.8, 4) is 11.3 Å². The van der Waals surface area contributed by atoms with Crippen LogP contribution in [0.15, 0.2) is 47.3 Å². The van der Waals surface area contributed by atoms with Gasteiger partial charge < -0.3 is 0 Å². The molecule has 0 spiro atoms. The Morgan fingerprint density at radius 3 is 2.27 bits per heavy atom. The van der Waals surface area contributed by atoms with Crippen LogP contribution in [0.2, 0.25) is 0 Å². The quantitative estimate of drug-likeness (QED) is 0.683.